The van der Waals surface area contributed by atoms with Crippen molar-refractivity contribution in [2.24, 2.45) is 5.73 Å². The van der Waals surface area contributed by atoms with Crippen LogP contribution in [0.25, 0.3) is 0 Å². The van der Waals surface area contributed by atoms with Crippen molar-refractivity contribution >= 4 is 71.3 Å². The maximum atomic E-state index is 11.8. The van der Waals surface area contributed by atoms with Gasteiger partial charge in [-0.15, -0.1) is 0 Å². The van der Waals surface area contributed by atoms with Gasteiger partial charge in [0.1, 0.15) is 13.2 Å². The molecule has 0 aliphatic rings. The van der Waals surface area contributed by atoms with Crippen molar-refractivity contribution in [2.45, 2.75) is 97.7 Å². The molecule has 0 aliphatic carbocycles. The maximum absolute atomic E-state index is 11.8. The standard InChI is InChI=1S/C20H24N2O3.C14H21NO2.C11H16N2O.C6H7N.C2H5I.CH3O2P/c23-19(22-18-12-6-2-7-13-18)14-8-3-9-15-21-20(24)25-16-17-10-4-1-5-11-17;1-2-3-4-8-11-15-14(16)17-12-13-9-6-5-7-10-13;12-9-5-4-8-11(14)13-10-6-2-1-3-7-10;7-6-4-2-1-3-5-6;1-2-3;1-4(2)3/h1-2,4-7,10-13H,3,8-9,14-16H2,(H,21,24)(H,22,23);5-7,9-10H,2-4,8,11-12H2,1H3,(H,15,16);1-3,6-7H,4-5,8-9,12H2,(H,13,14);1-5H,7H2;2H2,1H3;1H3. The molecule has 5 aromatic rings. The Morgan fingerprint density at radius 2 is 0.843 bits per heavy atom. The molecule has 0 spiro atoms. The molecule has 8 N–H and O–H groups in total. The predicted octanol–water partition coefficient (Wildman–Crippen LogP) is 12.9. The van der Waals surface area contributed by atoms with Crippen LogP contribution in [0.2, 0.25) is 0 Å². The van der Waals surface area contributed by atoms with Crippen LogP contribution < -0.4 is 32.7 Å². The van der Waals surface area contributed by atoms with Crippen molar-refractivity contribution in [3.8, 4) is 0 Å². The summed E-state index contributed by atoms with van der Waals surface area (Å²) in [6.07, 6.45) is 9.15. The van der Waals surface area contributed by atoms with Crippen LogP contribution in [-0.4, -0.2) is 54.7 Å². The summed E-state index contributed by atoms with van der Waals surface area (Å²) >= 11 is 2.29. The van der Waals surface area contributed by atoms with E-state index in [-0.39, 0.29) is 24.5 Å². The van der Waals surface area contributed by atoms with Crippen LogP contribution >= 0.6 is 30.3 Å². The molecule has 382 valence electrons. The molecule has 16 heteroatoms. The van der Waals surface area contributed by atoms with Crippen LogP contribution in [-0.2, 0) is 41.4 Å². The molecule has 5 aromatic carbocycles. The van der Waals surface area contributed by atoms with Gasteiger partial charge in [-0.2, -0.15) is 0 Å². The Labute approximate surface area is 430 Å². The van der Waals surface area contributed by atoms with Crippen molar-refractivity contribution in [2.75, 3.05) is 47.1 Å². The molecule has 0 radical (unpaired) electrons. The Morgan fingerprint density at radius 1 is 0.514 bits per heavy atom. The van der Waals surface area contributed by atoms with Crippen LogP contribution in [0.3, 0.4) is 0 Å². The van der Waals surface area contributed by atoms with Crippen molar-refractivity contribution < 1.29 is 37.8 Å². The first-order valence-corrected chi connectivity index (χ1v) is 26.8. The number of nitrogens with one attached hydrogen (secondary N) is 4. The zero-order valence-electron chi connectivity index (χ0n) is 41.2. The minimum Gasteiger partial charge on any atom is -0.445 e. The lowest BCUT2D eigenvalue weighted by Gasteiger charge is -2.07. The van der Waals surface area contributed by atoms with Gasteiger partial charge in [0.15, 0.2) is 0 Å². The van der Waals surface area contributed by atoms with Crippen LogP contribution in [0, 0.1) is 0 Å². The quantitative estimate of drug-likeness (QED) is 0.0134. The summed E-state index contributed by atoms with van der Waals surface area (Å²) in [7, 11) is -2.12. The molecule has 70 heavy (non-hydrogen) atoms. The number of carbonyl (C=O) groups is 4. The van der Waals surface area contributed by atoms with Crippen LogP contribution in [0.4, 0.5) is 26.7 Å². The highest BCUT2D eigenvalue weighted by Crippen LogP contribution is 2.09. The fourth-order valence-electron chi connectivity index (χ4n) is 5.44. The number of carbonyl (C=O) groups excluding carboxylic acids is 4. The highest BCUT2D eigenvalue weighted by molar-refractivity contribution is 14.1. The Morgan fingerprint density at radius 3 is 1.17 bits per heavy atom. The molecule has 0 bridgehead atoms. The lowest BCUT2D eigenvalue weighted by molar-refractivity contribution is -0.117. The normalized spacial score (nSPS) is 9.44. The smallest absolute Gasteiger partial charge is 0.407 e. The van der Waals surface area contributed by atoms with E-state index in [0.717, 1.165) is 79.8 Å². The number of rotatable bonds is 21. The van der Waals surface area contributed by atoms with E-state index in [1.807, 2.05) is 152 Å². The number of halogens is 1. The number of nitrogens with two attached hydrogens (primary N) is 2. The molecule has 0 unspecified atom stereocenters. The van der Waals surface area contributed by atoms with E-state index in [2.05, 4.69) is 57.7 Å². The Bertz CT molecular complexity index is 2080. The lowest BCUT2D eigenvalue weighted by Crippen LogP contribution is -2.25. The predicted molar refractivity (Wildman–Crippen MR) is 295 cm³/mol. The molecule has 0 atom stereocenters. The number of hydrogen-bond acceptors (Lipinski definition) is 10. The summed E-state index contributed by atoms with van der Waals surface area (Å²) in [5.41, 5.74) is 15.2. The third-order valence-electron chi connectivity index (χ3n) is 8.85. The summed E-state index contributed by atoms with van der Waals surface area (Å²) in [6.45, 7) is 7.91. The molecule has 14 nitrogen and oxygen atoms in total. The zero-order chi connectivity index (χ0) is 51.7. The monoisotopic (exact) mass is 1090 g/mol. The first-order valence-electron chi connectivity index (χ1n) is 23.7. The number of amides is 4. The highest BCUT2D eigenvalue weighted by Gasteiger charge is 2.05. The molecule has 0 aromatic heterocycles. The second-order valence-corrected chi connectivity index (χ2v) is 17.4. The first-order chi connectivity index (χ1) is 33.9. The Hall–Kier alpha value is -6.03. The number of para-hydroxylation sites is 3. The van der Waals surface area contributed by atoms with Crippen LogP contribution in [0.15, 0.2) is 152 Å². The van der Waals surface area contributed by atoms with Gasteiger partial charge in [-0.25, -0.2) is 18.7 Å². The fourth-order valence-corrected chi connectivity index (χ4v) is 5.44. The molecule has 0 saturated carbocycles. The molecule has 0 saturated heterocycles. The minimum absolute atomic E-state index is 0.0152. The van der Waals surface area contributed by atoms with Crippen LogP contribution in [0.5, 0.6) is 0 Å². The molecular weight excluding hydrogens is 1020 g/mol. The molecule has 5 rings (SSSR count). The number of alkyl carbamates (subject to hydrolysis) is 2. The zero-order valence-corrected chi connectivity index (χ0v) is 44.3. The van der Waals surface area contributed by atoms with Crippen molar-refractivity contribution in [3.63, 3.8) is 0 Å². The van der Waals surface area contributed by atoms with E-state index < -0.39 is 13.8 Å². The Balaban J connectivity index is 0.000000921. The average molecular weight is 1100 g/mol. The Kier molecular flexibility index (Phi) is 42.7. The topological polar surface area (TPSA) is 221 Å². The van der Waals surface area contributed by atoms with Crippen molar-refractivity contribution in [1.82, 2.24) is 10.6 Å². The highest BCUT2D eigenvalue weighted by atomic mass is 127. The van der Waals surface area contributed by atoms with Gasteiger partial charge in [-0.3, -0.25) is 9.59 Å². The second-order valence-electron chi connectivity index (χ2n) is 15.0. The molecule has 4 amide bonds. The second kappa shape index (κ2) is 46.7. The first kappa shape index (κ1) is 64.0. The number of nitrogen functional groups attached to an aromatic ring is 1. The number of anilines is 3. The third-order valence-corrected chi connectivity index (χ3v) is 8.85. The molecule has 0 aliphatic heterocycles. The van der Waals surface area contributed by atoms with E-state index in [4.69, 9.17) is 30.1 Å². The van der Waals surface area contributed by atoms with Gasteiger partial charge in [0.2, 0.25) is 11.8 Å². The lowest BCUT2D eigenvalue weighted by atomic mass is 10.2. The molecule has 0 fully saturated rings. The van der Waals surface area contributed by atoms with Crippen molar-refractivity contribution in [1.29, 1.82) is 0 Å². The van der Waals surface area contributed by atoms with E-state index in [0.29, 0.717) is 39.1 Å². The van der Waals surface area contributed by atoms with Gasteiger partial charge in [-0.1, -0.05) is 177 Å². The van der Waals surface area contributed by atoms with E-state index >= 15 is 0 Å². The van der Waals surface area contributed by atoms with Gasteiger partial charge in [-0.05, 0) is 90.6 Å². The summed E-state index contributed by atoms with van der Waals surface area (Å²) in [5, 5.41) is 11.1. The maximum Gasteiger partial charge on any atom is 0.407 e. The SMILES string of the molecule is CCCCCCNC(=O)OCc1ccccc1.CCI.CP(=O)=O.NCCCCC(=O)Nc1ccccc1.Nc1ccccc1.O=C(CCCCCNC(=O)OCc1ccccc1)Nc1ccccc1. The van der Waals surface area contributed by atoms with Gasteiger partial charge in [0.05, 0.1) is 0 Å². The van der Waals surface area contributed by atoms with Gasteiger partial charge < -0.3 is 42.2 Å². The minimum atomic E-state index is -2.12. The number of benzene rings is 5. The van der Waals surface area contributed by atoms with E-state index in [1.54, 1.807) is 0 Å². The number of unbranched alkanes of at least 4 members (excludes halogenated alkanes) is 6. The van der Waals surface area contributed by atoms with E-state index in [9.17, 15) is 19.2 Å². The van der Waals surface area contributed by atoms with Gasteiger partial charge >= 0.3 is 19.9 Å². The fraction of sp³-hybridized carbons (Fsp3) is 0.370. The largest absolute Gasteiger partial charge is 0.445 e. The molecule has 0 heterocycles. The average Bonchev–Trinajstić information content (AvgIpc) is 3.36. The van der Waals surface area contributed by atoms with E-state index in [1.165, 1.54) is 17.3 Å². The molecular formula is C54H76IN6O8P. The number of alkyl halides is 1. The summed E-state index contributed by atoms with van der Waals surface area (Å²) in [5.74, 6) is 0.0751. The van der Waals surface area contributed by atoms with Gasteiger partial charge in [0.25, 0.3) is 0 Å². The third kappa shape index (κ3) is 43.3. The van der Waals surface area contributed by atoms with Gasteiger partial charge in [0, 0.05) is 49.7 Å². The summed E-state index contributed by atoms with van der Waals surface area (Å²) in [4.78, 5) is 46.0. The van der Waals surface area contributed by atoms with Crippen LogP contribution in [0.1, 0.15) is 95.6 Å². The summed E-state index contributed by atoms with van der Waals surface area (Å²) in [6, 6.07) is 47.6. The summed E-state index contributed by atoms with van der Waals surface area (Å²) < 4.78 is 29.5. The number of ether oxygens (including phenoxy) is 2. The van der Waals surface area contributed by atoms with Crippen molar-refractivity contribution in [3.05, 3.63) is 163 Å². The number of hydrogen-bond donors (Lipinski definition) is 6.